The van der Waals surface area contributed by atoms with Crippen LogP contribution in [0.3, 0.4) is 0 Å². The summed E-state index contributed by atoms with van der Waals surface area (Å²) >= 11 is 0. The molecule has 1 aromatic rings. The fraction of sp³-hybridized carbons (Fsp3) is 0.850. The predicted octanol–water partition coefficient (Wildman–Crippen LogP) is 1.66. The minimum Gasteiger partial charge on any atom is -0.381 e. The van der Waals surface area contributed by atoms with Crippen molar-refractivity contribution in [2.45, 2.75) is 51.5 Å². The normalized spacial score (nSPS) is 27.0. The van der Waals surface area contributed by atoms with E-state index in [0.717, 1.165) is 57.7 Å². The van der Waals surface area contributed by atoms with Crippen LogP contribution >= 0.6 is 0 Å². The average Bonchev–Trinajstić information content (AvgIpc) is 3.26. The number of aromatic nitrogens is 3. The Labute approximate surface area is 162 Å². The molecule has 7 heteroatoms. The number of amides is 1. The Morgan fingerprint density at radius 1 is 1.26 bits per heavy atom. The summed E-state index contributed by atoms with van der Waals surface area (Å²) < 4.78 is 7.50. The number of likely N-dealkylation sites (tertiary alicyclic amines) is 2. The molecule has 3 fully saturated rings. The molecular weight excluding hydrogens is 342 g/mol. The molecule has 1 unspecified atom stereocenters. The first kappa shape index (κ1) is 18.9. The minimum absolute atomic E-state index is 0.129. The van der Waals surface area contributed by atoms with Crippen LogP contribution in [0.4, 0.5) is 0 Å². The molecule has 1 atom stereocenters. The van der Waals surface area contributed by atoms with Gasteiger partial charge in [-0.15, -0.1) is 10.2 Å². The number of ether oxygens (including phenoxy) is 1. The zero-order valence-corrected chi connectivity index (χ0v) is 16.9. The maximum absolute atomic E-state index is 13.2. The molecule has 27 heavy (non-hydrogen) atoms. The number of carbonyl (C=O) groups is 1. The van der Waals surface area contributed by atoms with Gasteiger partial charge in [-0.05, 0) is 52.6 Å². The molecule has 0 aromatic carbocycles. The molecule has 150 valence electrons. The second-order valence-corrected chi connectivity index (χ2v) is 8.95. The van der Waals surface area contributed by atoms with E-state index in [0.29, 0.717) is 25.2 Å². The van der Waals surface area contributed by atoms with Crippen molar-refractivity contribution >= 4 is 5.91 Å². The minimum atomic E-state index is 0.129. The first-order valence-electron chi connectivity index (χ1n) is 10.4. The molecule has 3 saturated heterocycles. The van der Waals surface area contributed by atoms with Crippen molar-refractivity contribution in [3.8, 4) is 0 Å². The van der Waals surface area contributed by atoms with Gasteiger partial charge in [-0.2, -0.15) is 0 Å². The Kier molecular flexibility index (Phi) is 5.25. The van der Waals surface area contributed by atoms with Gasteiger partial charge in [0.2, 0.25) is 5.91 Å². The second-order valence-electron chi connectivity index (χ2n) is 8.95. The quantitative estimate of drug-likeness (QED) is 0.804. The van der Waals surface area contributed by atoms with Crippen LogP contribution in [-0.4, -0.2) is 75.9 Å². The van der Waals surface area contributed by atoms with E-state index in [4.69, 9.17) is 4.74 Å². The van der Waals surface area contributed by atoms with Crippen LogP contribution in [0.2, 0.25) is 0 Å². The highest BCUT2D eigenvalue weighted by molar-refractivity contribution is 5.79. The van der Waals surface area contributed by atoms with Crippen LogP contribution in [-0.2, 0) is 16.6 Å². The van der Waals surface area contributed by atoms with Crippen LogP contribution in [0.1, 0.15) is 51.3 Å². The van der Waals surface area contributed by atoms with E-state index in [2.05, 4.69) is 33.8 Å². The van der Waals surface area contributed by atoms with Crippen molar-refractivity contribution < 1.29 is 9.53 Å². The van der Waals surface area contributed by atoms with Crippen LogP contribution in [0.15, 0.2) is 6.33 Å². The fourth-order valence-corrected chi connectivity index (χ4v) is 5.29. The Balaban J connectivity index is 1.56. The summed E-state index contributed by atoms with van der Waals surface area (Å²) in [5.41, 5.74) is 0.132. The van der Waals surface area contributed by atoms with Gasteiger partial charge in [0.05, 0.1) is 0 Å². The van der Waals surface area contributed by atoms with E-state index in [-0.39, 0.29) is 17.3 Å². The molecular formula is C20H33N5O2. The van der Waals surface area contributed by atoms with Gasteiger partial charge >= 0.3 is 0 Å². The molecule has 1 aromatic heterocycles. The van der Waals surface area contributed by atoms with Crippen molar-refractivity contribution in [3.05, 3.63) is 12.2 Å². The zero-order valence-electron chi connectivity index (χ0n) is 16.9. The number of piperidine rings is 1. The molecule has 0 radical (unpaired) electrons. The number of carbonyl (C=O) groups excluding carboxylic acids is 1. The fourth-order valence-electron chi connectivity index (χ4n) is 5.29. The van der Waals surface area contributed by atoms with Crippen LogP contribution in [0.25, 0.3) is 0 Å². The lowest BCUT2D eigenvalue weighted by Gasteiger charge is -2.43. The van der Waals surface area contributed by atoms with Crippen molar-refractivity contribution in [2.75, 3.05) is 39.4 Å². The Bertz CT molecular complexity index is 659. The molecule has 3 aliphatic rings. The lowest BCUT2D eigenvalue weighted by Crippen LogP contribution is -2.47. The number of aryl methyl sites for hydroxylation is 1. The summed E-state index contributed by atoms with van der Waals surface area (Å²) in [4.78, 5) is 17.9. The van der Waals surface area contributed by atoms with Crippen molar-refractivity contribution in [3.63, 3.8) is 0 Å². The van der Waals surface area contributed by atoms with Crippen molar-refractivity contribution in [2.24, 2.45) is 18.4 Å². The van der Waals surface area contributed by atoms with E-state index < -0.39 is 0 Å². The molecule has 1 spiro atoms. The number of hydrogen-bond donors (Lipinski definition) is 0. The topological polar surface area (TPSA) is 63.5 Å². The maximum atomic E-state index is 13.2. The molecule has 4 heterocycles. The maximum Gasteiger partial charge on any atom is 0.225 e. The monoisotopic (exact) mass is 375 g/mol. The summed E-state index contributed by atoms with van der Waals surface area (Å²) in [5, 5.41) is 8.58. The first-order valence-corrected chi connectivity index (χ1v) is 10.4. The third kappa shape index (κ3) is 3.51. The molecule has 0 saturated carbocycles. The summed E-state index contributed by atoms with van der Waals surface area (Å²) in [7, 11) is 2.02. The summed E-state index contributed by atoms with van der Waals surface area (Å²) in [6.45, 7) is 9.83. The first-order chi connectivity index (χ1) is 13.0. The highest BCUT2D eigenvalue weighted by atomic mass is 16.5. The van der Waals surface area contributed by atoms with Gasteiger partial charge in [0, 0.05) is 56.6 Å². The van der Waals surface area contributed by atoms with Gasteiger partial charge < -0.3 is 19.1 Å². The Hall–Kier alpha value is -1.47. The van der Waals surface area contributed by atoms with Crippen molar-refractivity contribution in [1.29, 1.82) is 0 Å². The Morgan fingerprint density at radius 3 is 2.56 bits per heavy atom. The van der Waals surface area contributed by atoms with Crippen LogP contribution in [0, 0.1) is 11.3 Å². The summed E-state index contributed by atoms with van der Waals surface area (Å²) in [6, 6.07) is 0.581. The highest BCUT2D eigenvalue weighted by Gasteiger charge is 2.52. The number of rotatable bonds is 3. The van der Waals surface area contributed by atoms with Gasteiger partial charge in [-0.1, -0.05) is 0 Å². The van der Waals surface area contributed by atoms with E-state index in [1.165, 1.54) is 0 Å². The number of nitrogens with zero attached hydrogens (tertiary/aromatic N) is 5. The molecule has 0 aliphatic carbocycles. The van der Waals surface area contributed by atoms with Crippen LogP contribution < -0.4 is 0 Å². The Morgan fingerprint density at radius 2 is 1.96 bits per heavy atom. The molecule has 0 bridgehead atoms. The molecule has 0 N–H and O–H groups in total. The van der Waals surface area contributed by atoms with Crippen molar-refractivity contribution in [1.82, 2.24) is 24.6 Å². The van der Waals surface area contributed by atoms with E-state index in [9.17, 15) is 4.79 Å². The third-order valence-electron chi connectivity index (χ3n) is 7.11. The van der Waals surface area contributed by atoms with Gasteiger partial charge in [0.15, 0.2) is 0 Å². The average molecular weight is 376 g/mol. The lowest BCUT2D eigenvalue weighted by atomic mass is 9.70. The standard InChI is InChI=1S/C20H33N5O2/c1-15(2)24-8-6-20(7-9-24)13-25(19(26)16-4-10-27-11-5-16)12-17(20)18-22-21-14-23(18)3/h14-17H,4-13H2,1-3H3. The summed E-state index contributed by atoms with van der Waals surface area (Å²) in [6.07, 6.45) is 5.76. The second kappa shape index (κ2) is 7.51. The SMILES string of the molecule is CC(C)N1CCC2(CC1)CN(C(=O)C1CCOCC1)CC2c1nncn1C. The smallest absolute Gasteiger partial charge is 0.225 e. The molecule has 4 rings (SSSR count). The van der Waals surface area contributed by atoms with Gasteiger partial charge in [-0.25, -0.2) is 0 Å². The van der Waals surface area contributed by atoms with Gasteiger partial charge in [0.25, 0.3) is 0 Å². The highest BCUT2D eigenvalue weighted by Crippen LogP contribution is 2.49. The zero-order chi connectivity index (χ0) is 19.0. The lowest BCUT2D eigenvalue weighted by molar-refractivity contribution is -0.138. The third-order valence-corrected chi connectivity index (χ3v) is 7.11. The van der Waals surface area contributed by atoms with Gasteiger partial charge in [0.1, 0.15) is 12.2 Å². The number of hydrogen-bond acceptors (Lipinski definition) is 5. The van der Waals surface area contributed by atoms with E-state index >= 15 is 0 Å². The molecule has 1 amide bonds. The molecule has 7 nitrogen and oxygen atoms in total. The van der Waals surface area contributed by atoms with Crippen LogP contribution in [0.5, 0.6) is 0 Å². The predicted molar refractivity (Wildman–Crippen MR) is 102 cm³/mol. The largest absolute Gasteiger partial charge is 0.381 e. The van der Waals surface area contributed by atoms with E-state index in [1.807, 2.05) is 11.6 Å². The van der Waals surface area contributed by atoms with Gasteiger partial charge in [-0.3, -0.25) is 4.79 Å². The molecule has 3 aliphatic heterocycles. The summed E-state index contributed by atoms with van der Waals surface area (Å²) in [5.74, 6) is 1.77. The van der Waals surface area contributed by atoms with E-state index in [1.54, 1.807) is 6.33 Å².